The van der Waals surface area contributed by atoms with Gasteiger partial charge in [0, 0.05) is 22.9 Å². The Morgan fingerprint density at radius 2 is 2.20 bits per heavy atom. The Bertz CT molecular complexity index is 1020. The van der Waals surface area contributed by atoms with Gasteiger partial charge in [-0.25, -0.2) is 13.9 Å². The summed E-state index contributed by atoms with van der Waals surface area (Å²) in [4.78, 5) is 4.36. The minimum Gasteiger partial charge on any atom is -0.350 e. The van der Waals surface area contributed by atoms with Gasteiger partial charge in [-0.3, -0.25) is 0 Å². The molecule has 7 heteroatoms. The summed E-state index contributed by atoms with van der Waals surface area (Å²) in [5.74, 6) is 0.453. The maximum Gasteiger partial charge on any atom is 0.263 e. The topological polar surface area (TPSA) is 57.6 Å². The first-order chi connectivity index (χ1) is 12.1. The SMILES string of the molecule is C[N+]1=Nc2ccc(-c3ccn4nc(NCC5(F)CCC5)ncc34)cc21. The quantitative estimate of drug-likeness (QED) is 0.730. The molecule has 3 aromatic rings. The van der Waals surface area contributed by atoms with Gasteiger partial charge in [0.1, 0.15) is 5.67 Å². The molecule has 6 nitrogen and oxygen atoms in total. The third-order valence-electron chi connectivity index (χ3n) is 5.12. The van der Waals surface area contributed by atoms with Crippen LogP contribution in [0.5, 0.6) is 0 Å². The van der Waals surface area contributed by atoms with Crippen molar-refractivity contribution in [1.82, 2.24) is 14.6 Å². The smallest absolute Gasteiger partial charge is 0.263 e. The number of hydrogen-bond donors (Lipinski definition) is 1. The van der Waals surface area contributed by atoms with Gasteiger partial charge >= 0.3 is 0 Å². The lowest BCUT2D eigenvalue weighted by Crippen LogP contribution is -2.39. The summed E-state index contributed by atoms with van der Waals surface area (Å²) in [6.45, 7) is 0.271. The molecule has 0 saturated heterocycles. The summed E-state index contributed by atoms with van der Waals surface area (Å²) in [6.07, 6.45) is 5.88. The third kappa shape index (κ3) is 2.30. The van der Waals surface area contributed by atoms with Crippen LogP contribution < -0.4 is 5.32 Å². The molecule has 2 aliphatic rings. The van der Waals surface area contributed by atoms with Gasteiger partial charge in [0.2, 0.25) is 11.6 Å². The van der Waals surface area contributed by atoms with E-state index in [1.54, 1.807) is 10.7 Å². The molecule has 1 aliphatic heterocycles. The first-order valence-corrected chi connectivity index (χ1v) is 8.48. The van der Waals surface area contributed by atoms with Crippen LogP contribution in [-0.2, 0) is 0 Å². The number of azo groups is 2. The van der Waals surface area contributed by atoms with Gasteiger partial charge in [-0.05, 0) is 37.0 Å². The van der Waals surface area contributed by atoms with Crippen LogP contribution >= 0.6 is 0 Å². The van der Waals surface area contributed by atoms with E-state index in [0.717, 1.165) is 34.4 Å². The fourth-order valence-electron chi connectivity index (χ4n) is 3.41. The number of hydrogen-bond acceptors (Lipinski definition) is 4. The summed E-state index contributed by atoms with van der Waals surface area (Å²) in [7, 11) is 1.94. The zero-order valence-electron chi connectivity index (χ0n) is 13.9. The highest BCUT2D eigenvalue weighted by atomic mass is 19.1. The number of nitrogens with zero attached hydrogens (tertiary/aromatic N) is 5. The lowest BCUT2D eigenvalue weighted by Gasteiger charge is -2.33. The van der Waals surface area contributed by atoms with Crippen LogP contribution in [-0.4, -0.2) is 38.6 Å². The summed E-state index contributed by atoms with van der Waals surface area (Å²) < 4.78 is 17.7. The van der Waals surface area contributed by atoms with Crippen molar-refractivity contribution in [3.8, 4) is 11.1 Å². The number of anilines is 1. The molecule has 25 heavy (non-hydrogen) atoms. The van der Waals surface area contributed by atoms with Crippen LogP contribution in [0.25, 0.3) is 16.6 Å². The van der Waals surface area contributed by atoms with Crippen LogP contribution in [0.1, 0.15) is 19.3 Å². The summed E-state index contributed by atoms with van der Waals surface area (Å²) in [5.41, 5.74) is 4.12. The summed E-state index contributed by atoms with van der Waals surface area (Å²) >= 11 is 0. The normalized spacial score (nSPS) is 17.4. The Morgan fingerprint density at radius 3 is 2.96 bits per heavy atom. The van der Waals surface area contributed by atoms with E-state index in [9.17, 15) is 4.39 Å². The van der Waals surface area contributed by atoms with Crippen LogP contribution in [0.2, 0.25) is 0 Å². The second-order valence-corrected chi connectivity index (χ2v) is 6.83. The molecule has 0 unspecified atom stereocenters. The molecule has 3 heterocycles. The average Bonchev–Trinajstić information content (AvgIpc) is 3.00. The molecular formula is C18H18FN6+. The predicted octanol–water partition coefficient (Wildman–Crippen LogP) is 4.07. The second kappa shape index (κ2) is 5.08. The molecule has 1 fully saturated rings. The molecule has 0 atom stereocenters. The van der Waals surface area contributed by atoms with E-state index < -0.39 is 5.67 Å². The summed E-state index contributed by atoms with van der Waals surface area (Å²) in [6, 6.07) is 8.21. The maximum absolute atomic E-state index is 14.1. The molecule has 2 aromatic heterocycles. The molecule has 0 radical (unpaired) electrons. The predicted molar refractivity (Wildman–Crippen MR) is 92.5 cm³/mol. The standard InChI is InChI=1S/C18H18FN6/c1-24-15-9-12(3-4-14(15)22-24)13-5-8-25-16(13)10-20-17(23-25)21-11-18(19)6-2-7-18/h3-5,8-10H,2,6-7,11H2,1H3,(H,20,21,23)/q+1. The Morgan fingerprint density at radius 1 is 1.32 bits per heavy atom. The zero-order valence-corrected chi connectivity index (χ0v) is 13.9. The van der Waals surface area contributed by atoms with E-state index in [4.69, 9.17) is 0 Å². The van der Waals surface area contributed by atoms with Crippen molar-refractivity contribution in [3.05, 3.63) is 36.7 Å². The van der Waals surface area contributed by atoms with Crippen molar-refractivity contribution >= 4 is 22.8 Å². The first-order valence-electron chi connectivity index (χ1n) is 8.48. The third-order valence-corrected chi connectivity index (χ3v) is 5.12. The average molecular weight is 337 g/mol. The molecule has 5 rings (SSSR count). The van der Waals surface area contributed by atoms with Crippen molar-refractivity contribution in [3.63, 3.8) is 0 Å². The van der Waals surface area contributed by atoms with Crippen molar-refractivity contribution in [1.29, 1.82) is 0 Å². The number of aromatic nitrogens is 3. The monoisotopic (exact) mass is 337 g/mol. The van der Waals surface area contributed by atoms with E-state index in [1.165, 1.54) is 0 Å². The van der Waals surface area contributed by atoms with Gasteiger partial charge in [0.05, 0.1) is 18.3 Å². The fraction of sp³-hybridized carbons (Fsp3) is 0.333. The molecule has 1 aromatic carbocycles. The highest BCUT2D eigenvalue weighted by Gasteiger charge is 2.36. The number of alkyl halides is 1. The Balaban J connectivity index is 1.44. The van der Waals surface area contributed by atoms with E-state index >= 15 is 0 Å². The Kier molecular flexibility index (Phi) is 2.95. The zero-order chi connectivity index (χ0) is 17.0. The largest absolute Gasteiger partial charge is 0.350 e. The number of rotatable bonds is 4. The van der Waals surface area contributed by atoms with E-state index in [-0.39, 0.29) is 6.54 Å². The maximum atomic E-state index is 14.1. The van der Waals surface area contributed by atoms with Crippen molar-refractivity contribution < 1.29 is 9.09 Å². The van der Waals surface area contributed by atoms with Crippen molar-refractivity contribution in [2.24, 2.45) is 5.11 Å². The number of fused-ring (bicyclic) bond motifs is 2. The van der Waals surface area contributed by atoms with Gasteiger partial charge in [-0.1, -0.05) is 10.8 Å². The highest BCUT2D eigenvalue weighted by molar-refractivity contribution is 5.83. The van der Waals surface area contributed by atoms with E-state index in [1.807, 2.05) is 30.1 Å². The first kappa shape index (κ1) is 14.5. The molecule has 0 amide bonds. The molecule has 126 valence electrons. The minimum atomic E-state index is -1.09. The van der Waals surface area contributed by atoms with Crippen LogP contribution in [0.3, 0.4) is 0 Å². The Labute approximate surface area is 144 Å². The lowest BCUT2D eigenvalue weighted by atomic mass is 9.82. The Hall–Kier alpha value is -2.83. The van der Waals surface area contributed by atoms with E-state index in [2.05, 4.69) is 32.6 Å². The molecule has 0 spiro atoms. The van der Waals surface area contributed by atoms with Gasteiger partial charge in [0.15, 0.2) is 7.05 Å². The molecule has 0 bridgehead atoms. The fourth-order valence-corrected chi connectivity index (χ4v) is 3.41. The van der Waals surface area contributed by atoms with Crippen LogP contribution in [0.4, 0.5) is 21.7 Å². The van der Waals surface area contributed by atoms with Crippen LogP contribution in [0.15, 0.2) is 41.8 Å². The molecular weight excluding hydrogens is 319 g/mol. The van der Waals surface area contributed by atoms with Crippen molar-refractivity contribution in [2.75, 3.05) is 18.9 Å². The van der Waals surface area contributed by atoms with E-state index in [0.29, 0.717) is 18.8 Å². The minimum absolute atomic E-state index is 0.271. The molecule has 1 saturated carbocycles. The van der Waals surface area contributed by atoms with Gasteiger partial charge in [0.25, 0.3) is 5.69 Å². The highest BCUT2D eigenvalue weighted by Crippen LogP contribution is 2.40. The second-order valence-electron chi connectivity index (χ2n) is 6.83. The van der Waals surface area contributed by atoms with Gasteiger partial charge in [-0.2, -0.15) is 0 Å². The molecule has 1 aliphatic carbocycles. The number of benzene rings is 1. The van der Waals surface area contributed by atoms with Gasteiger partial charge in [-0.15, -0.1) is 5.10 Å². The van der Waals surface area contributed by atoms with Crippen LogP contribution in [0, 0.1) is 0 Å². The lowest BCUT2D eigenvalue weighted by molar-refractivity contribution is -0.494. The molecule has 1 N–H and O–H groups in total. The number of nitrogens with one attached hydrogen (secondary N) is 1. The van der Waals surface area contributed by atoms with Gasteiger partial charge < -0.3 is 5.32 Å². The number of halogens is 1. The summed E-state index contributed by atoms with van der Waals surface area (Å²) in [5, 5.41) is 11.8. The van der Waals surface area contributed by atoms with Crippen molar-refractivity contribution in [2.45, 2.75) is 24.9 Å².